The molecule has 0 saturated carbocycles. The monoisotopic (exact) mass is 414 g/mol. The van der Waals surface area contributed by atoms with Gasteiger partial charge in [0.05, 0.1) is 27.9 Å². The average Bonchev–Trinajstić information content (AvgIpc) is 2.73. The Kier molecular flexibility index (Phi) is 8.09. The molecule has 0 unspecified atom stereocenters. The second-order valence-corrected chi connectivity index (χ2v) is 7.15. The maximum absolute atomic E-state index is 12.5. The van der Waals surface area contributed by atoms with Gasteiger partial charge in [-0.25, -0.2) is 0 Å². The zero-order chi connectivity index (χ0) is 22.3. The first-order chi connectivity index (χ1) is 14.3. The number of methoxy groups -OCH3 is 3. The number of nitrogens with one attached hydrogen (secondary N) is 1. The van der Waals surface area contributed by atoms with Gasteiger partial charge in [0, 0.05) is 19.2 Å². The van der Waals surface area contributed by atoms with Crippen LogP contribution in [-0.4, -0.2) is 51.6 Å². The van der Waals surface area contributed by atoms with Gasteiger partial charge < -0.3 is 24.4 Å². The van der Waals surface area contributed by atoms with Crippen molar-refractivity contribution in [3.63, 3.8) is 0 Å². The van der Waals surface area contributed by atoms with Crippen molar-refractivity contribution >= 4 is 17.5 Å². The minimum Gasteiger partial charge on any atom is -0.493 e. The fourth-order valence-electron chi connectivity index (χ4n) is 3.09. The molecule has 0 aliphatic rings. The van der Waals surface area contributed by atoms with E-state index in [1.54, 1.807) is 28.4 Å². The lowest BCUT2D eigenvalue weighted by atomic mass is 10.1. The van der Waals surface area contributed by atoms with E-state index in [0.29, 0.717) is 23.7 Å². The van der Waals surface area contributed by atoms with Gasteiger partial charge in [-0.2, -0.15) is 0 Å². The van der Waals surface area contributed by atoms with E-state index in [9.17, 15) is 9.59 Å². The molecule has 2 aromatic rings. The summed E-state index contributed by atoms with van der Waals surface area (Å²) in [5.74, 6) is 1.24. The summed E-state index contributed by atoms with van der Waals surface area (Å²) in [6.07, 6.45) is 0.740. The fourth-order valence-corrected chi connectivity index (χ4v) is 3.09. The zero-order valence-corrected chi connectivity index (χ0v) is 18.5. The van der Waals surface area contributed by atoms with E-state index in [4.69, 9.17) is 14.2 Å². The van der Waals surface area contributed by atoms with E-state index >= 15 is 0 Å². The summed E-state index contributed by atoms with van der Waals surface area (Å²) in [4.78, 5) is 26.3. The van der Waals surface area contributed by atoms with E-state index in [0.717, 1.165) is 22.4 Å². The second kappa shape index (κ2) is 10.5. The topological polar surface area (TPSA) is 77.1 Å². The molecule has 162 valence electrons. The fraction of sp³-hybridized carbons (Fsp3) is 0.391. The van der Waals surface area contributed by atoms with Crippen molar-refractivity contribution in [2.45, 2.75) is 26.7 Å². The predicted octanol–water partition coefficient (Wildman–Crippen LogP) is 3.36. The number of benzene rings is 2. The van der Waals surface area contributed by atoms with Gasteiger partial charge in [-0.15, -0.1) is 0 Å². The summed E-state index contributed by atoms with van der Waals surface area (Å²) < 4.78 is 16.0. The lowest BCUT2D eigenvalue weighted by Gasteiger charge is -2.18. The average molecular weight is 415 g/mol. The summed E-state index contributed by atoms with van der Waals surface area (Å²) in [6.45, 7) is 3.89. The standard InChI is InChI=1S/C23H30N2O5/c1-15-7-8-16(2)18(11-15)24-21(26)14-25(3)22(27)10-9-17-12-19(28-4)23(30-6)20(13-17)29-5/h7-8,11-13H,9-10,14H2,1-6H3,(H,24,26). The lowest BCUT2D eigenvalue weighted by molar-refractivity contribution is -0.133. The molecule has 0 spiro atoms. The van der Waals surface area contributed by atoms with Gasteiger partial charge in [0.25, 0.3) is 0 Å². The molecule has 7 nitrogen and oxygen atoms in total. The van der Waals surface area contributed by atoms with E-state index in [-0.39, 0.29) is 24.8 Å². The molecule has 0 radical (unpaired) electrons. The highest BCUT2D eigenvalue weighted by Gasteiger charge is 2.16. The molecule has 0 aliphatic carbocycles. The highest BCUT2D eigenvalue weighted by Crippen LogP contribution is 2.38. The van der Waals surface area contributed by atoms with Gasteiger partial charge in [0.1, 0.15) is 0 Å². The quantitative estimate of drug-likeness (QED) is 0.681. The molecule has 30 heavy (non-hydrogen) atoms. The number of hydrogen-bond acceptors (Lipinski definition) is 5. The van der Waals surface area contributed by atoms with Crippen LogP contribution in [0.1, 0.15) is 23.1 Å². The number of rotatable bonds is 9. The number of likely N-dealkylation sites (N-methyl/N-ethyl adjacent to an activating group) is 1. The summed E-state index contributed by atoms with van der Waals surface area (Å²) in [5.41, 5.74) is 3.68. The van der Waals surface area contributed by atoms with Crippen LogP contribution < -0.4 is 19.5 Å². The van der Waals surface area contributed by atoms with E-state index in [2.05, 4.69) is 5.32 Å². The molecule has 2 rings (SSSR count). The van der Waals surface area contributed by atoms with E-state index in [1.807, 2.05) is 44.2 Å². The summed E-state index contributed by atoms with van der Waals surface area (Å²) >= 11 is 0. The molecular formula is C23H30N2O5. The van der Waals surface area contributed by atoms with Crippen LogP contribution in [0.4, 0.5) is 5.69 Å². The van der Waals surface area contributed by atoms with Gasteiger partial charge >= 0.3 is 0 Å². The Morgan fingerprint density at radius 2 is 1.60 bits per heavy atom. The van der Waals surface area contributed by atoms with E-state index < -0.39 is 0 Å². The molecule has 0 heterocycles. The van der Waals surface area contributed by atoms with Crippen LogP contribution in [0.2, 0.25) is 0 Å². The Hall–Kier alpha value is -3.22. The number of amides is 2. The lowest BCUT2D eigenvalue weighted by Crippen LogP contribution is -2.35. The summed E-state index contributed by atoms with van der Waals surface area (Å²) in [7, 11) is 6.27. The number of carbonyl (C=O) groups is 2. The van der Waals surface area contributed by atoms with Crippen molar-refractivity contribution < 1.29 is 23.8 Å². The van der Waals surface area contributed by atoms with Crippen molar-refractivity contribution in [1.82, 2.24) is 4.90 Å². The molecular weight excluding hydrogens is 384 g/mol. The summed E-state index contributed by atoms with van der Waals surface area (Å²) in [5, 5.41) is 2.87. The molecule has 0 saturated heterocycles. The largest absolute Gasteiger partial charge is 0.493 e. The van der Waals surface area contributed by atoms with E-state index in [1.165, 1.54) is 4.90 Å². The van der Waals surface area contributed by atoms with Crippen LogP contribution in [-0.2, 0) is 16.0 Å². The Labute approximate surface area is 177 Å². The van der Waals surface area contributed by atoms with Crippen molar-refractivity contribution in [2.75, 3.05) is 40.2 Å². The second-order valence-electron chi connectivity index (χ2n) is 7.15. The normalized spacial score (nSPS) is 10.3. The number of anilines is 1. The molecule has 0 fully saturated rings. The molecule has 7 heteroatoms. The highest BCUT2D eigenvalue weighted by molar-refractivity contribution is 5.95. The first kappa shape index (κ1) is 23.1. The molecule has 2 amide bonds. The maximum atomic E-state index is 12.5. The number of ether oxygens (including phenoxy) is 3. The first-order valence-corrected chi connectivity index (χ1v) is 9.69. The number of aryl methyl sites for hydroxylation is 3. The van der Waals surface area contributed by atoms with Gasteiger partial charge in [-0.1, -0.05) is 12.1 Å². The zero-order valence-electron chi connectivity index (χ0n) is 18.5. The maximum Gasteiger partial charge on any atom is 0.243 e. The minimum absolute atomic E-state index is 0.0124. The van der Waals surface area contributed by atoms with Crippen molar-refractivity contribution in [3.8, 4) is 17.2 Å². The Bertz CT molecular complexity index is 885. The third kappa shape index (κ3) is 5.89. The molecule has 0 atom stereocenters. The Morgan fingerprint density at radius 3 is 2.17 bits per heavy atom. The molecule has 0 aromatic heterocycles. The van der Waals surface area contributed by atoms with Gasteiger partial charge in [-0.05, 0) is 55.2 Å². The molecule has 2 aromatic carbocycles. The van der Waals surface area contributed by atoms with Crippen molar-refractivity contribution in [2.24, 2.45) is 0 Å². The van der Waals surface area contributed by atoms with Gasteiger partial charge in [-0.3, -0.25) is 9.59 Å². The molecule has 1 N–H and O–H groups in total. The highest BCUT2D eigenvalue weighted by atomic mass is 16.5. The van der Waals surface area contributed by atoms with Gasteiger partial charge in [0.15, 0.2) is 11.5 Å². The predicted molar refractivity (Wildman–Crippen MR) is 117 cm³/mol. The number of nitrogens with zero attached hydrogens (tertiary/aromatic N) is 1. The molecule has 0 bridgehead atoms. The van der Waals surface area contributed by atoms with Crippen molar-refractivity contribution in [3.05, 3.63) is 47.0 Å². The van der Waals surface area contributed by atoms with Crippen LogP contribution in [0.3, 0.4) is 0 Å². The first-order valence-electron chi connectivity index (χ1n) is 9.69. The third-order valence-corrected chi connectivity index (χ3v) is 4.83. The van der Waals surface area contributed by atoms with Crippen LogP contribution in [0.5, 0.6) is 17.2 Å². The number of carbonyl (C=O) groups excluding carboxylic acids is 2. The number of hydrogen-bond donors (Lipinski definition) is 1. The van der Waals surface area contributed by atoms with Crippen molar-refractivity contribution in [1.29, 1.82) is 0 Å². The van der Waals surface area contributed by atoms with Crippen LogP contribution >= 0.6 is 0 Å². The van der Waals surface area contributed by atoms with Crippen LogP contribution in [0.25, 0.3) is 0 Å². The Morgan fingerprint density at radius 1 is 0.967 bits per heavy atom. The minimum atomic E-state index is -0.229. The van der Waals surface area contributed by atoms with Crippen LogP contribution in [0.15, 0.2) is 30.3 Å². The van der Waals surface area contributed by atoms with Gasteiger partial charge in [0.2, 0.25) is 17.6 Å². The van der Waals surface area contributed by atoms with Crippen LogP contribution in [0, 0.1) is 13.8 Å². The smallest absolute Gasteiger partial charge is 0.243 e. The summed E-state index contributed by atoms with van der Waals surface area (Å²) in [6, 6.07) is 9.50. The molecule has 0 aliphatic heterocycles. The Balaban J connectivity index is 1.96. The third-order valence-electron chi connectivity index (χ3n) is 4.83. The SMILES string of the molecule is COc1cc(CCC(=O)N(C)CC(=O)Nc2cc(C)ccc2C)cc(OC)c1OC.